The molecule has 0 spiro atoms. The topological polar surface area (TPSA) is 61.4 Å². The van der Waals surface area contributed by atoms with Crippen LogP contribution in [-0.4, -0.2) is 17.7 Å². The molecule has 0 aliphatic heterocycles. The van der Waals surface area contributed by atoms with Crippen molar-refractivity contribution in [2.24, 2.45) is 0 Å². The summed E-state index contributed by atoms with van der Waals surface area (Å²) < 4.78 is 0. The maximum Gasteiger partial charge on any atom is 0.315 e. The van der Waals surface area contributed by atoms with Gasteiger partial charge >= 0.3 is 6.03 Å². The second-order valence-electron chi connectivity index (χ2n) is 3.28. The first kappa shape index (κ1) is 12.3. The van der Waals surface area contributed by atoms with Crippen LogP contribution in [0, 0.1) is 0 Å². The average Bonchev–Trinajstić information content (AvgIpc) is 2.34. The van der Waals surface area contributed by atoms with E-state index in [1.165, 1.54) is 0 Å². The predicted molar refractivity (Wildman–Crippen MR) is 62.8 cm³/mol. The van der Waals surface area contributed by atoms with Crippen LogP contribution >= 0.6 is 0 Å². The van der Waals surface area contributed by atoms with Gasteiger partial charge in [0.2, 0.25) is 0 Å². The zero-order valence-electron chi connectivity index (χ0n) is 9.07. The maximum atomic E-state index is 11.2. The SMILES string of the molecule is C=CCNC(=O)NCc1ccccc1CO. The number of urea groups is 1. The van der Waals surface area contributed by atoms with E-state index in [0.717, 1.165) is 11.1 Å². The molecule has 0 atom stereocenters. The largest absolute Gasteiger partial charge is 0.392 e. The Morgan fingerprint density at radius 3 is 2.62 bits per heavy atom. The fraction of sp³-hybridized carbons (Fsp3) is 0.250. The highest BCUT2D eigenvalue weighted by atomic mass is 16.3. The zero-order valence-corrected chi connectivity index (χ0v) is 9.07. The average molecular weight is 220 g/mol. The molecule has 1 rings (SSSR count). The molecule has 2 amide bonds. The van der Waals surface area contributed by atoms with Crippen molar-refractivity contribution in [1.82, 2.24) is 10.6 Å². The number of hydrogen-bond acceptors (Lipinski definition) is 2. The summed E-state index contributed by atoms with van der Waals surface area (Å²) in [7, 11) is 0. The van der Waals surface area contributed by atoms with Gasteiger partial charge in [-0.2, -0.15) is 0 Å². The van der Waals surface area contributed by atoms with Gasteiger partial charge in [-0.25, -0.2) is 4.79 Å². The molecule has 4 heteroatoms. The minimum atomic E-state index is -0.243. The maximum absolute atomic E-state index is 11.2. The number of carbonyl (C=O) groups is 1. The second kappa shape index (κ2) is 6.63. The molecule has 0 saturated heterocycles. The van der Waals surface area contributed by atoms with E-state index in [9.17, 15) is 4.79 Å². The second-order valence-corrected chi connectivity index (χ2v) is 3.28. The third-order valence-electron chi connectivity index (χ3n) is 2.14. The Bertz CT molecular complexity index is 364. The lowest BCUT2D eigenvalue weighted by Crippen LogP contribution is -2.35. The molecule has 0 bridgehead atoms. The Hall–Kier alpha value is -1.81. The van der Waals surface area contributed by atoms with Crippen molar-refractivity contribution in [1.29, 1.82) is 0 Å². The monoisotopic (exact) mass is 220 g/mol. The molecule has 86 valence electrons. The molecular formula is C12H16N2O2. The minimum Gasteiger partial charge on any atom is -0.392 e. The number of carbonyl (C=O) groups excluding carboxylic acids is 1. The van der Waals surface area contributed by atoms with Gasteiger partial charge in [-0.05, 0) is 11.1 Å². The molecule has 3 N–H and O–H groups in total. The Morgan fingerprint density at radius 2 is 2.00 bits per heavy atom. The molecule has 0 fully saturated rings. The van der Waals surface area contributed by atoms with Gasteiger partial charge in [-0.3, -0.25) is 0 Å². The molecule has 1 aromatic carbocycles. The smallest absolute Gasteiger partial charge is 0.315 e. The summed E-state index contributed by atoms with van der Waals surface area (Å²) in [6.07, 6.45) is 1.61. The van der Waals surface area contributed by atoms with Crippen LogP contribution in [0.15, 0.2) is 36.9 Å². The molecule has 16 heavy (non-hydrogen) atoms. The van der Waals surface area contributed by atoms with E-state index in [2.05, 4.69) is 17.2 Å². The van der Waals surface area contributed by atoms with Crippen LogP contribution in [0.5, 0.6) is 0 Å². The number of aliphatic hydroxyl groups is 1. The van der Waals surface area contributed by atoms with Crippen LogP contribution in [0.4, 0.5) is 4.79 Å². The van der Waals surface area contributed by atoms with E-state index in [0.29, 0.717) is 13.1 Å². The molecule has 0 radical (unpaired) electrons. The number of nitrogens with one attached hydrogen (secondary N) is 2. The van der Waals surface area contributed by atoms with Crippen molar-refractivity contribution < 1.29 is 9.90 Å². The van der Waals surface area contributed by atoms with Gasteiger partial charge in [-0.1, -0.05) is 30.3 Å². The van der Waals surface area contributed by atoms with E-state index in [4.69, 9.17) is 5.11 Å². The first-order valence-electron chi connectivity index (χ1n) is 5.08. The highest BCUT2D eigenvalue weighted by Gasteiger charge is 2.02. The van der Waals surface area contributed by atoms with Crippen molar-refractivity contribution in [3.05, 3.63) is 48.0 Å². The van der Waals surface area contributed by atoms with Crippen LogP contribution in [0.3, 0.4) is 0 Å². The number of aliphatic hydroxyl groups excluding tert-OH is 1. The number of rotatable bonds is 5. The summed E-state index contributed by atoms with van der Waals surface area (Å²) in [5.41, 5.74) is 1.74. The lowest BCUT2D eigenvalue weighted by molar-refractivity contribution is 0.241. The standard InChI is InChI=1S/C12H16N2O2/c1-2-7-13-12(16)14-8-10-5-3-4-6-11(10)9-15/h2-6,15H,1,7-9H2,(H2,13,14,16). The van der Waals surface area contributed by atoms with Gasteiger partial charge in [0, 0.05) is 13.1 Å². The minimum absolute atomic E-state index is 0.0217. The molecular weight excluding hydrogens is 204 g/mol. The highest BCUT2D eigenvalue weighted by Crippen LogP contribution is 2.07. The number of hydrogen-bond donors (Lipinski definition) is 3. The van der Waals surface area contributed by atoms with E-state index in [1.54, 1.807) is 6.08 Å². The Kier molecular flexibility index (Phi) is 5.08. The fourth-order valence-electron chi connectivity index (χ4n) is 1.29. The van der Waals surface area contributed by atoms with E-state index in [1.807, 2.05) is 24.3 Å². The van der Waals surface area contributed by atoms with Crippen molar-refractivity contribution in [2.45, 2.75) is 13.2 Å². The van der Waals surface area contributed by atoms with E-state index >= 15 is 0 Å². The van der Waals surface area contributed by atoms with Crippen LogP contribution in [0.1, 0.15) is 11.1 Å². The molecule has 0 aliphatic carbocycles. The summed E-state index contributed by atoms with van der Waals surface area (Å²) in [5, 5.41) is 14.4. The first-order valence-corrected chi connectivity index (χ1v) is 5.08. The van der Waals surface area contributed by atoms with Crippen LogP contribution < -0.4 is 10.6 Å². The first-order chi connectivity index (χ1) is 7.77. The Morgan fingerprint density at radius 1 is 1.31 bits per heavy atom. The van der Waals surface area contributed by atoms with Gasteiger partial charge in [0.05, 0.1) is 6.61 Å². The lowest BCUT2D eigenvalue weighted by Gasteiger charge is -2.09. The van der Waals surface area contributed by atoms with Crippen LogP contribution in [0.2, 0.25) is 0 Å². The predicted octanol–water partition coefficient (Wildman–Crippen LogP) is 1.16. The molecule has 0 heterocycles. The van der Waals surface area contributed by atoms with Gasteiger partial charge in [0.15, 0.2) is 0 Å². The zero-order chi connectivity index (χ0) is 11.8. The van der Waals surface area contributed by atoms with Crippen molar-refractivity contribution >= 4 is 6.03 Å². The summed E-state index contributed by atoms with van der Waals surface area (Å²) in [5.74, 6) is 0. The quantitative estimate of drug-likeness (QED) is 0.652. The Balaban J connectivity index is 2.47. The summed E-state index contributed by atoms with van der Waals surface area (Å²) >= 11 is 0. The molecule has 0 aromatic heterocycles. The van der Waals surface area contributed by atoms with E-state index in [-0.39, 0.29) is 12.6 Å². The van der Waals surface area contributed by atoms with Crippen molar-refractivity contribution in [3.8, 4) is 0 Å². The van der Waals surface area contributed by atoms with E-state index < -0.39 is 0 Å². The van der Waals surface area contributed by atoms with Gasteiger partial charge in [-0.15, -0.1) is 6.58 Å². The molecule has 0 unspecified atom stereocenters. The lowest BCUT2D eigenvalue weighted by atomic mass is 10.1. The van der Waals surface area contributed by atoms with Crippen LogP contribution in [-0.2, 0) is 13.2 Å². The van der Waals surface area contributed by atoms with Crippen molar-refractivity contribution in [3.63, 3.8) is 0 Å². The summed E-state index contributed by atoms with van der Waals surface area (Å²) in [6, 6.07) is 7.19. The number of amides is 2. The molecule has 0 aliphatic rings. The van der Waals surface area contributed by atoms with Gasteiger partial charge in [0.1, 0.15) is 0 Å². The summed E-state index contributed by atoms with van der Waals surface area (Å²) in [4.78, 5) is 11.2. The summed E-state index contributed by atoms with van der Waals surface area (Å²) in [6.45, 7) is 4.32. The van der Waals surface area contributed by atoms with Gasteiger partial charge in [0.25, 0.3) is 0 Å². The highest BCUT2D eigenvalue weighted by molar-refractivity contribution is 5.73. The molecule has 0 saturated carbocycles. The van der Waals surface area contributed by atoms with Crippen LogP contribution in [0.25, 0.3) is 0 Å². The normalized spacial score (nSPS) is 9.56. The third kappa shape index (κ3) is 3.74. The van der Waals surface area contributed by atoms with Crippen molar-refractivity contribution in [2.75, 3.05) is 6.54 Å². The molecule has 4 nitrogen and oxygen atoms in total. The third-order valence-corrected chi connectivity index (χ3v) is 2.14. The van der Waals surface area contributed by atoms with Gasteiger partial charge < -0.3 is 15.7 Å². The Labute approximate surface area is 95.0 Å². The fourth-order valence-corrected chi connectivity index (χ4v) is 1.29. The number of benzene rings is 1. The molecule has 1 aromatic rings.